The summed E-state index contributed by atoms with van der Waals surface area (Å²) in [5.74, 6) is -0.746. The number of para-hydroxylation sites is 1. The molecule has 0 spiro atoms. The van der Waals surface area contributed by atoms with E-state index < -0.39 is 11.8 Å². The highest BCUT2D eigenvalue weighted by Crippen LogP contribution is 2.23. The first-order valence-corrected chi connectivity index (χ1v) is 10.7. The molecule has 1 aromatic carbocycles. The Kier molecular flexibility index (Phi) is 7.14. The van der Waals surface area contributed by atoms with Gasteiger partial charge in [0.2, 0.25) is 0 Å². The van der Waals surface area contributed by atoms with Crippen LogP contribution in [0.15, 0.2) is 77.7 Å². The van der Waals surface area contributed by atoms with Gasteiger partial charge in [0.05, 0.1) is 18.8 Å². The minimum absolute atomic E-state index is 0.0663. The van der Waals surface area contributed by atoms with Crippen LogP contribution in [-0.4, -0.2) is 54.4 Å². The monoisotopic (exact) mass is 433 g/mol. The molecule has 1 fully saturated rings. The number of benzene rings is 1. The van der Waals surface area contributed by atoms with Gasteiger partial charge >= 0.3 is 11.8 Å². The number of furan rings is 1. The number of hydrogen-bond donors (Lipinski definition) is 2. The van der Waals surface area contributed by atoms with Crippen LogP contribution < -0.4 is 15.5 Å². The molecule has 1 aliphatic heterocycles. The molecule has 3 aromatic rings. The molecule has 1 atom stereocenters. The van der Waals surface area contributed by atoms with Gasteiger partial charge in [-0.15, -0.1) is 0 Å². The molecule has 1 saturated heterocycles. The summed E-state index contributed by atoms with van der Waals surface area (Å²) in [5.41, 5.74) is 2.23. The van der Waals surface area contributed by atoms with Gasteiger partial charge in [0.15, 0.2) is 0 Å². The Balaban J connectivity index is 1.35. The smallest absolute Gasteiger partial charge is 0.309 e. The lowest BCUT2D eigenvalue weighted by Crippen LogP contribution is -2.50. The quantitative estimate of drug-likeness (QED) is 0.554. The van der Waals surface area contributed by atoms with Crippen LogP contribution in [0.2, 0.25) is 0 Å². The molecule has 166 valence electrons. The number of aromatic nitrogens is 1. The van der Waals surface area contributed by atoms with Crippen LogP contribution in [0.5, 0.6) is 0 Å². The molecule has 2 aromatic heterocycles. The third-order valence-corrected chi connectivity index (χ3v) is 5.61. The second kappa shape index (κ2) is 10.6. The zero-order valence-electron chi connectivity index (χ0n) is 17.8. The van der Waals surface area contributed by atoms with Crippen molar-refractivity contribution in [2.75, 3.05) is 37.6 Å². The average Bonchev–Trinajstić information content (AvgIpc) is 3.38. The van der Waals surface area contributed by atoms with Crippen molar-refractivity contribution < 1.29 is 14.0 Å². The normalized spacial score (nSPS) is 15.2. The minimum Gasteiger partial charge on any atom is -0.467 e. The molecule has 0 unspecified atom stereocenters. The van der Waals surface area contributed by atoms with E-state index in [1.165, 1.54) is 12.0 Å². The number of amides is 2. The first-order chi connectivity index (χ1) is 15.7. The van der Waals surface area contributed by atoms with Crippen molar-refractivity contribution in [2.24, 2.45) is 0 Å². The van der Waals surface area contributed by atoms with E-state index in [2.05, 4.69) is 37.6 Å². The van der Waals surface area contributed by atoms with Gasteiger partial charge in [-0.2, -0.15) is 0 Å². The lowest BCUT2D eigenvalue weighted by molar-refractivity contribution is -0.139. The summed E-state index contributed by atoms with van der Waals surface area (Å²) < 4.78 is 5.18. The van der Waals surface area contributed by atoms with Crippen LogP contribution in [0.3, 0.4) is 0 Å². The van der Waals surface area contributed by atoms with Crippen molar-refractivity contribution in [1.82, 2.24) is 20.5 Å². The molecule has 0 saturated carbocycles. The van der Waals surface area contributed by atoms with Crippen LogP contribution >= 0.6 is 0 Å². The van der Waals surface area contributed by atoms with Crippen molar-refractivity contribution in [3.63, 3.8) is 0 Å². The fourth-order valence-corrected chi connectivity index (χ4v) is 3.89. The van der Waals surface area contributed by atoms with E-state index in [9.17, 15) is 9.59 Å². The molecular formula is C24H27N5O3. The number of rotatable bonds is 7. The topological polar surface area (TPSA) is 90.7 Å². The van der Waals surface area contributed by atoms with Gasteiger partial charge in [0.25, 0.3) is 0 Å². The second-order valence-electron chi connectivity index (χ2n) is 7.63. The van der Waals surface area contributed by atoms with Gasteiger partial charge in [-0.05, 0) is 35.9 Å². The predicted molar refractivity (Wildman–Crippen MR) is 121 cm³/mol. The number of anilines is 1. The first-order valence-electron chi connectivity index (χ1n) is 10.7. The fourth-order valence-electron chi connectivity index (χ4n) is 3.89. The highest BCUT2D eigenvalue weighted by molar-refractivity contribution is 6.35. The van der Waals surface area contributed by atoms with Crippen molar-refractivity contribution in [3.05, 3.63) is 84.6 Å². The van der Waals surface area contributed by atoms with Crippen LogP contribution in [0, 0.1) is 0 Å². The van der Waals surface area contributed by atoms with Crippen molar-refractivity contribution >= 4 is 17.5 Å². The third kappa shape index (κ3) is 5.53. The third-order valence-electron chi connectivity index (χ3n) is 5.61. The summed E-state index contributed by atoms with van der Waals surface area (Å²) in [4.78, 5) is 33.5. The molecule has 32 heavy (non-hydrogen) atoms. The van der Waals surface area contributed by atoms with Crippen molar-refractivity contribution in [1.29, 1.82) is 0 Å². The number of nitrogens with zero attached hydrogens (tertiary/aromatic N) is 3. The summed E-state index contributed by atoms with van der Waals surface area (Å²) in [6.45, 7) is 3.96. The molecule has 1 aliphatic rings. The van der Waals surface area contributed by atoms with Gasteiger partial charge in [-0.3, -0.25) is 19.5 Å². The summed E-state index contributed by atoms with van der Waals surface area (Å²) in [6, 6.07) is 17.7. The Bertz CT molecular complexity index is 987. The van der Waals surface area contributed by atoms with Crippen LogP contribution in [0.25, 0.3) is 0 Å². The number of nitrogens with one attached hydrogen (secondary N) is 2. The van der Waals surface area contributed by atoms with Crippen LogP contribution in [0.1, 0.15) is 17.4 Å². The lowest BCUT2D eigenvalue weighted by Gasteiger charge is -2.40. The van der Waals surface area contributed by atoms with Gasteiger partial charge in [-0.25, -0.2) is 0 Å². The molecule has 0 radical (unpaired) electrons. The molecule has 8 nitrogen and oxygen atoms in total. The molecule has 4 rings (SSSR count). The number of pyridine rings is 1. The van der Waals surface area contributed by atoms with Crippen molar-refractivity contribution in [3.8, 4) is 0 Å². The highest BCUT2D eigenvalue weighted by atomic mass is 16.3. The Hall–Kier alpha value is -3.65. The molecule has 0 bridgehead atoms. The van der Waals surface area contributed by atoms with E-state index in [1.807, 2.05) is 36.5 Å². The molecule has 2 N–H and O–H groups in total. The maximum atomic E-state index is 12.4. The van der Waals surface area contributed by atoms with E-state index in [-0.39, 0.29) is 12.6 Å². The molecule has 8 heteroatoms. The van der Waals surface area contributed by atoms with Crippen LogP contribution in [0.4, 0.5) is 5.69 Å². The summed E-state index contributed by atoms with van der Waals surface area (Å²) >= 11 is 0. The van der Waals surface area contributed by atoms with Gasteiger partial charge in [0.1, 0.15) is 5.76 Å². The van der Waals surface area contributed by atoms with Gasteiger partial charge in [0, 0.05) is 50.8 Å². The summed E-state index contributed by atoms with van der Waals surface area (Å²) in [7, 11) is 0. The van der Waals surface area contributed by atoms with Crippen molar-refractivity contribution in [2.45, 2.75) is 12.6 Å². The largest absolute Gasteiger partial charge is 0.467 e. The maximum absolute atomic E-state index is 12.4. The fraction of sp³-hybridized carbons (Fsp3) is 0.292. The highest BCUT2D eigenvalue weighted by Gasteiger charge is 2.26. The predicted octanol–water partition coefficient (Wildman–Crippen LogP) is 1.97. The van der Waals surface area contributed by atoms with Gasteiger partial charge in [-0.1, -0.05) is 24.3 Å². The van der Waals surface area contributed by atoms with E-state index in [0.29, 0.717) is 12.3 Å². The first kappa shape index (κ1) is 21.6. The molecule has 3 heterocycles. The zero-order valence-corrected chi connectivity index (χ0v) is 17.8. The summed E-state index contributed by atoms with van der Waals surface area (Å²) in [5, 5.41) is 5.36. The number of carbonyl (C=O) groups excluding carboxylic acids is 2. The molecule has 0 aliphatic carbocycles. The number of hydrogen-bond acceptors (Lipinski definition) is 6. The Morgan fingerprint density at radius 1 is 0.938 bits per heavy atom. The average molecular weight is 434 g/mol. The standard InChI is InChI=1S/C24H27N5O3/c30-23(26-17-21-9-5-15-32-21)24(31)27-18-22(19-6-4-10-25-16-19)29-13-11-28(12-14-29)20-7-2-1-3-8-20/h1-10,15-16,22H,11-14,17-18H2,(H,26,30)(H,27,31)/t22-/m0/s1. The number of carbonyl (C=O) groups is 2. The Labute approximate surface area is 187 Å². The molecule has 2 amide bonds. The van der Waals surface area contributed by atoms with E-state index >= 15 is 0 Å². The summed E-state index contributed by atoms with van der Waals surface area (Å²) in [6.07, 6.45) is 5.07. The second-order valence-corrected chi connectivity index (χ2v) is 7.63. The lowest BCUT2D eigenvalue weighted by atomic mass is 10.1. The maximum Gasteiger partial charge on any atom is 0.309 e. The van der Waals surface area contributed by atoms with Gasteiger partial charge < -0.3 is 20.0 Å². The Morgan fingerprint density at radius 3 is 2.41 bits per heavy atom. The van der Waals surface area contributed by atoms with E-state index in [1.54, 1.807) is 18.3 Å². The van der Waals surface area contributed by atoms with E-state index in [0.717, 1.165) is 31.7 Å². The van der Waals surface area contributed by atoms with E-state index in [4.69, 9.17) is 4.42 Å². The molecular weight excluding hydrogens is 406 g/mol. The Morgan fingerprint density at radius 2 is 1.72 bits per heavy atom. The zero-order chi connectivity index (χ0) is 22.2. The minimum atomic E-state index is -0.680. The number of piperazine rings is 1. The SMILES string of the molecule is O=C(NCc1ccco1)C(=O)NC[C@@H](c1cccnc1)N1CCN(c2ccccc2)CC1. The van der Waals surface area contributed by atoms with Crippen LogP contribution in [-0.2, 0) is 16.1 Å².